The second-order valence-electron chi connectivity index (χ2n) is 7.18. The third-order valence-corrected chi connectivity index (χ3v) is 4.96. The van der Waals surface area contributed by atoms with Gasteiger partial charge in [0, 0.05) is 17.5 Å². The Bertz CT molecular complexity index is 876. The maximum Gasteiger partial charge on any atom is 0.212 e. The molecule has 0 saturated carbocycles. The number of rotatable bonds is 1. The SMILES string of the molecule is Cc1cc2c(cc1-c1ccccc1)C(C)(C)C[n+]1ccccc1-2. The predicted octanol–water partition coefficient (Wildman–Crippen LogP) is 4.91. The Morgan fingerprint density at radius 3 is 2.39 bits per heavy atom. The topological polar surface area (TPSA) is 3.88 Å². The Morgan fingerprint density at radius 1 is 0.870 bits per heavy atom. The molecule has 0 radical (unpaired) electrons. The maximum absolute atomic E-state index is 2.41. The van der Waals surface area contributed by atoms with Crippen LogP contribution in [-0.4, -0.2) is 0 Å². The molecule has 114 valence electrons. The lowest BCUT2D eigenvalue weighted by Crippen LogP contribution is -2.48. The molecule has 2 aromatic carbocycles. The highest BCUT2D eigenvalue weighted by molar-refractivity contribution is 5.75. The zero-order valence-corrected chi connectivity index (χ0v) is 14.0. The van der Waals surface area contributed by atoms with E-state index in [1.165, 1.54) is 33.5 Å². The molecule has 0 aliphatic carbocycles. The van der Waals surface area contributed by atoms with Crippen molar-refractivity contribution in [1.29, 1.82) is 0 Å². The Balaban J connectivity index is 1.99. The lowest BCUT2D eigenvalue weighted by Gasteiger charge is -2.30. The van der Waals surface area contributed by atoms with Crippen LogP contribution in [0, 0.1) is 6.92 Å². The minimum atomic E-state index is 0.131. The molecule has 0 bridgehead atoms. The molecule has 3 aromatic rings. The van der Waals surface area contributed by atoms with Crippen LogP contribution in [0.25, 0.3) is 22.4 Å². The van der Waals surface area contributed by atoms with E-state index >= 15 is 0 Å². The van der Waals surface area contributed by atoms with Crippen LogP contribution in [0.3, 0.4) is 0 Å². The first-order valence-corrected chi connectivity index (χ1v) is 8.26. The Labute approximate surface area is 138 Å². The predicted molar refractivity (Wildman–Crippen MR) is 95.3 cm³/mol. The average molecular weight is 300 g/mol. The molecular formula is C22H22N+. The van der Waals surface area contributed by atoms with E-state index in [2.05, 4.69) is 92.2 Å². The molecule has 0 fully saturated rings. The van der Waals surface area contributed by atoms with Crippen LogP contribution in [0.5, 0.6) is 0 Å². The van der Waals surface area contributed by atoms with E-state index in [0.717, 1.165) is 6.54 Å². The molecule has 1 aromatic heterocycles. The largest absolute Gasteiger partial charge is 0.212 e. The molecule has 0 amide bonds. The highest BCUT2D eigenvalue weighted by Crippen LogP contribution is 2.40. The van der Waals surface area contributed by atoms with Crippen LogP contribution in [0.2, 0.25) is 0 Å². The summed E-state index contributed by atoms with van der Waals surface area (Å²) in [6, 6.07) is 22.0. The van der Waals surface area contributed by atoms with Crippen LogP contribution in [0.4, 0.5) is 0 Å². The van der Waals surface area contributed by atoms with Gasteiger partial charge in [-0.1, -0.05) is 30.3 Å². The number of aryl methyl sites for hydroxylation is 1. The molecular weight excluding hydrogens is 278 g/mol. The van der Waals surface area contributed by atoms with Crippen LogP contribution in [-0.2, 0) is 12.0 Å². The summed E-state index contributed by atoms with van der Waals surface area (Å²) < 4.78 is 2.38. The van der Waals surface area contributed by atoms with Crippen LogP contribution < -0.4 is 4.57 Å². The van der Waals surface area contributed by atoms with E-state index < -0.39 is 0 Å². The third-order valence-electron chi connectivity index (χ3n) is 4.96. The summed E-state index contributed by atoms with van der Waals surface area (Å²) >= 11 is 0. The van der Waals surface area contributed by atoms with Gasteiger partial charge in [0.25, 0.3) is 0 Å². The molecule has 1 aliphatic heterocycles. The molecule has 1 nitrogen and oxygen atoms in total. The first-order chi connectivity index (χ1) is 11.1. The minimum absolute atomic E-state index is 0.131. The second-order valence-corrected chi connectivity index (χ2v) is 7.18. The van der Waals surface area contributed by atoms with E-state index in [0.29, 0.717) is 0 Å². The first-order valence-electron chi connectivity index (χ1n) is 8.26. The van der Waals surface area contributed by atoms with Crippen LogP contribution in [0.1, 0.15) is 25.0 Å². The zero-order valence-electron chi connectivity index (χ0n) is 14.0. The summed E-state index contributed by atoms with van der Waals surface area (Å²) in [6.07, 6.45) is 2.19. The quantitative estimate of drug-likeness (QED) is 0.562. The van der Waals surface area contributed by atoms with Gasteiger partial charge in [-0.25, -0.2) is 0 Å². The molecule has 0 unspecified atom stereocenters. The smallest absolute Gasteiger partial charge is 0.197 e. The van der Waals surface area contributed by atoms with Crippen LogP contribution in [0.15, 0.2) is 66.9 Å². The first kappa shape index (κ1) is 14.2. The second kappa shape index (κ2) is 5.06. The van der Waals surface area contributed by atoms with E-state index in [1.807, 2.05) is 0 Å². The van der Waals surface area contributed by atoms with Gasteiger partial charge in [0.1, 0.15) is 0 Å². The summed E-state index contributed by atoms with van der Waals surface area (Å²) in [6.45, 7) is 7.93. The summed E-state index contributed by atoms with van der Waals surface area (Å²) in [5.74, 6) is 0. The van der Waals surface area contributed by atoms with Crippen molar-refractivity contribution in [3.05, 3.63) is 78.0 Å². The van der Waals surface area contributed by atoms with Crippen molar-refractivity contribution in [2.24, 2.45) is 0 Å². The van der Waals surface area contributed by atoms with Gasteiger partial charge in [0.05, 0.1) is 5.56 Å². The molecule has 23 heavy (non-hydrogen) atoms. The standard InChI is InChI=1S/C22H22N/c1-16-13-19-20(14-18(16)17-9-5-4-6-10-17)22(2,3)15-23-12-8-7-11-21(19)23/h4-14H,15H2,1-3H3/q+1. The number of aromatic nitrogens is 1. The molecule has 1 aliphatic rings. The van der Waals surface area contributed by atoms with Gasteiger partial charge >= 0.3 is 0 Å². The van der Waals surface area contributed by atoms with Crippen molar-refractivity contribution in [2.75, 3.05) is 0 Å². The lowest BCUT2D eigenvalue weighted by molar-refractivity contribution is -0.696. The zero-order chi connectivity index (χ0) is 16.0. The highest BCUT2D eigenvalue weighted by Gasteiger charge is 2.36. The normalized spacial score (nSPS) is 14.9. The molecule has 1 heteroatoms. The fourth-order valence-corrected chi connectivity index (χ4v) is 3.78. The summed E-state index contributed by atoms with van der Waals surface area (Å²) in [5.41, 5.74) is 8.27. The Morgan fingerprint density at radius 2 is 1.61 bits per heavy atom. The van der Waals surface area contributed by atoms with Gasteiger partial charge in [-0.2, -0.15) is 4.57 Å². The van der Waals surface area contributed by atoms with Crippen molar-refractivity contribution < 1.29 is 4.57 Å². The van der Waals surface area contributed by atoms with Crippen LogP contribution >= 0.6 is 0 Å². The molecule has 0 spiro atoms. The fraction of sp³-hybridized carbons (Fsp3) is 0.227. The van der Waals surface area contributed by atoms with E-state index in [4.69, 9.17) is 0 Å². The summed E-state index contributed by atoms with van der Waals surface area (Å²) in [4.78, 5) is 0. The number of benzene rings is 2. The van der Waals surface area contributed by atoms with Crippen molar-refractivity contribution in [2.45, 2.75) is 32.7 Å². The Hall–Kier alpha value is -2.41. The van der Waals surface area contributed by atoms with E-state index in [1.54, 1.807) is 0 Å². The molecule has 4 rings (SSSR count). The van der Waals surface area contributed by atoms with Crippen molar-refractivity contribution in [1.82, 2.24) is 0 Å². The van der Waals surface area contributed by atoms with Gasteiger partial charge in [-0.15, -0.1) is 0 Å². The van der Waals surface area contributed by atoms with Gasteiger partial charge in [-0.3, -0.25) is 0 Å². The lowest BCUT2D eigenvalue weighted by atomic mass is 9.76. The Kier molecular flexibility index (Phi) is 3.12. The maximum atomic E-state index is 2.41. The van der Waals surface area contributed by atoms with E-state index in [9.17, 15) is 0 Å². The molecule has 0 saturated heterocycles. The average Bonchev–Trinajstić information content (AvgIpc) is 2.55. The molecule has 2 heterocycles. The highest BCUT2D eigenvalue weighted by atomic mass is 15.0. The third kappa shape index (κ3) is 2.28. The van der Waals surface area contributed by atoms with Crippen molar-refractivity contribution in [3.63, 3.8) is 0 Å². The summed E-state index contributed by atoms with van der Waals surface area (Å²) in [5, 5.41) is 0. The molecule has 0 atom stereocenters. The minimum Gasteiger partial charge on any atom is -0.197 e. The molecule has 0 N–H and O–H groups in total. The number of fused-ring (bicyclic) bond motifs is 3. The summed E-state index contributed by atoms with van der Waals surface area (Å²) in [7, 11) is 0. The monoisotopic (exact) mass is 300 g/mol. The van der Waals surface area contributed by atoms with Crippen molar-refractivity contribution in [3.8, 4) is 22.4 Å². The fourth-order valence-electron chi connectivity index (χ4n) is 3.78. The van der Waals surface area contributed by atoms with Gasteiger partial charge in [0.2, 0.25) is 5.69 Å². The van der Waals surface area contributed by atoms with Gasteiger partial charge in [-0.05, 0) is 61.2 Å². The van der Waals surface area contributed by atoms with Crippen molar-refractivity contribution >= 4 is 0 Å². The number of pyridine rings is 1. The van der Waals surface area contributed by atoms with E-state index in [-0.39, 0.29) is 5.41 Å². The number of hydrogen-bond acceptors (Lipinski definition) is 0. The van der Waals surface area contributed by atoms with Gasteiger partial charge < -0.3 is 0 Å². The number of hydrogen-bond donors (Lipinski definition) is 0. The van der Waals surface area contributed by atoms with Gasteiger partial charge in [0.15, 0.2) is 12.7 Å². The number of nitrogens with zero attached hydrogens (tertiary/aromatic N) is 1.